The molecule has 17 heavy (non-hydrogen) atoms. The van der Waals surface area contributed by atoms with Gasteiger partial charge < -0.3 is 10.2 Å². The Kier molecular flexibility index (Phi) is 4.10. The van der Waals surface area contributed by atoms with Crippen molar-refractivity contribution in [3.05, 3.63) is 30.1 Å². The van der Waals surface area contributed by atoms with Gasteiger partial charge in [-0.3, -0.25) is 9.88 Å². The van der Waals surface area contributed by atoms with Gasteiger partial charge in [-0.15, -0.1) is 0 Å². The van der Waals surface area contributed by atoms with E-state index in [0.717, 1.165) is 26.1 Å². The molecule has 1 aromatic heterocycles. The van der Waals surface area contributed by atoms with Gasteiger partial charge in [-0.25, -0.2) is 0 Å². The lowest BCUT2D eigenvalue weighted by molar-refractivity contribution is -0.0255. The van der Waals surface area contributed by atoms with Crippen LogP contribution >= 0.6 is 0 Å². The molecule has 0 aromatic carbocycles. The van der Waals surface area contributed by atoms with Crippen LogP contribution in [0.1, 0.15) is 24.8 Å². The minimum atomic E-state index is -0.868. The predicted molar refractivity (Wildman–Crippen MR) is 65.4 cm³/mol. The Morgan fingerprint density at radius 2 is 2.00 bits per heavy atom. The maximum absolute atomic E-state index is 10.1. The van der Waals surface area contributed by atoms with Crippen LogP contribution in [0.2, 0.25) is 0 Å². The van der Waals surface area contributed by atoms with E-state index < -0.39 is 5.60 Å². The van der Waals surface area contributed by atoms with E-state index in [1.54, 1.807) is 12.4 Å². The van der Waals surface area contributed by atoms with Crippen molar-refractivity contribution in [2.24, 2.45) is 0 Å². The molecule has 0 aliphatic carbocycles. The molecule has 1 atom stereocenters. The highest BCUT2D eigenvalue weighted by atomic mass is 16.3. The Morgan fingerprint density at radius 1 is 1.24 bits per heavy atom. The van der Waals surface area contributed by atoms with E-state index in [0.29, 0.717) is 12.8 Å². The van der Waals surface area contributed by atoms with Crippen molar-refractivity contribution >= 4 is 0 Å². The molecule has 4 nitrogen and oxygen atoms in total. The first-order chi connectivity index (χ1) is 8.22. The second-order valence-electron chi connectivity index (χ2n) is 4.87. The number of likely N-dealkylation sites (tertiary alicyclic amines) is 1. The molecule has 94 valence electrons. The zero-order chi connectivity index (χ0) is 12.1. The Labute approximate surface area is 102 Å². The van der Waals surface area contributed by atoms with Crippen LogP contribution in [0.5, 0.6) is 0 Å². The van der Waals surface area contributed by atoms with E-state index in [2.05, 4.69) is 9.88 Å². The van der Waals surface area contributed by atoms with Crippen LogP contribution < -0.4 is 0 Å². The molecule has 1 aliphatic rings. The van der Waals surface area contributed by atoms with Crippen LogP contribution in [0.4, 0.5) is 0 Å². The lowest BCUT2D eigenvalue weighted by atomic mass is 9.96. The SMILES string of the molecule is OC[C@@]1(O)CCCN(Cc2ccncc2)CC1. The summed E-state index contributed by atoms with van der Waals surface area (Å²) in [5, 5.41) is 19.2. The zero-order valence-electron chi connectivity index (χ0n) is 10.0. The summed E-state index contributed by atoms with van der Waals surface area (Å²) >= 11 is 0. The number of aliphatic hydroxyl groups is 2. The summed E-state index contributed by atoms with van der Waals surface area (Å²) in [7, 11) is 0. The van der Waals surface area contributed by atoms with E-state index in [1.807, 2.05) is 12.1 Å². The lowest BCUT2D eigenvalue weighted by Gasteiger charge is -2.24. The summed E-state index contributed by atoms with van der Waals surface area (Å²) in [6.45, 7) is 2.57. The summed E-state index contributed by atoms with van der Waals surface area (Å²) in [6, 6.07) is 4.03. The molecule has 1 aliphatic heterocycles. The molecule has 4 heteroatoms. The Bertz CT molecular complexity index is 345. The van der Waals surface area contributed by atoms with Crippen LogP contribution in [-0.2, 0) is 6.54 Å². The van der Waals surface area contributed by atoms with Gasteiger partial charge in [-0.1, -0.05) is 0 Å². The minimum absolute atomic E-state index is 0.129. The molecule has 1 saturated heterocycles. The van der Waals surface area contributed by atoms with Crippen molar-refractivity contribution in [3.63, 3.8) is 0 Å². The maximum atomic E-state index is 10.1. The highest BCUT2D eigenvalue weighted by Crippen LogP contribution is 2.22. The van der Waals surface area contributed by atoms with Gasteiger partial charge in [0.2, 0.25) is 0 Å². The van der Waals surface area contributed by atoms with Gasteiger partial charge in [0.05, 0.1) is 12.2 Å². The van der Waals surface area contributed by atoms with Crippen molar-refractivity contribution < 1.29 is 10.2 Å². The van der Waals surface area contributed by atoms with E-state index in [1.165, 1.54) is 5.56 Å². The van der Waals surface area contributed by atoms with Crippen LogP contribution in [0, 0.1) is 0 Å². The topological polar surface area (TPSA) is 56.6 Å². The number of hydrogen-bond acceptors (Lipinski definition) is 4. The average Bonchev–Trinajstić information content (AvgIpc) is 2.54. The monoisotopic (exact) mass is 236 g/mol. The van der Waals surface area contributed by atoms with Gasteiger partial charge >= 0.3 is 0 Å². The van der Waals surface area contributed by atoms with E-state index in [4.69, 9.17) is 0 Å². The summed E-state index contributed by atoms with van der Waals surface area (Å²) in [4.78, 5) is 6.32. The summed E-state index contributed by atoms with van der Waals surface area (Å²) in [6.07, 6.45) is 5.88. The van der Waals surface area contributed by atoms with Gasteiger partial charge in [0.1, 0.15) is 0 Å². The van der Waals surface area contributed by atoms with Crippen molar-refractivity contribution in [3.8, 4) is 0 Å². The maximum Gasteiger partial charge on any atom is 0.0890 e. The van der Waals surface area contributed by atoms with Gasteiger partial charge in [0.15, 0.2) is 0 Å². The van der Waals surface area contributed by atoms with Crippen molar-refractivity contribution in [1.82, 2.24) is 9.88 Å². The molecule has 1 fully saturated rings. The van der Waals surface area contributed by atoms with E-state index in [9.17, 15) is 10.2 Å². The Morgan fingerprint density at radius 3 is 2.71 bits per heavy atom. The summed E-state index contributed by atoms with van der Waals surface area (Å²) < 4.78 is 0. The zero-order valence-corrected chi connectivity index (χ0v) is 10.0. The van der Waals surface area contributed by atoms with E-state index in [-0.39, 0.29) is 6.61 Å². The normalized spacial score (nSPS) is 26.7. The largest absolute Gasteiger partial charge is 0.393 e. The fourth-order valence-electron chi connectivity index (χ4n) is 2.30. The van der Waals surface area contributed by atoms with Crippen LogP contribution in [0.25, 0.3) is 0 Å². The molecule has 0 unspecified atom stereocenters. The van der Waals surface area contributed by atoms with Crippen LogP contribution in [0.3, 0.4) is 0 Å². The van der Waals surface area contributed by atoms with Crippen molar-refractivity contribution in [2.75, 3.05) is 19.7 Å². The van der Waals surface area contributed by atoms with E-state index >= 15 is 0 Å². The molecule has 2 heterocycles. The van der Waals surface area contributed by atoms with Crippen LogP contribution in [-0.4, -0.2) is 45.4 Å². The second-order valence-corrected chi connectivity index (χ2v) is 4.87. The Hall–Kier alpha value is -0.970. The van der Waals surface area contributed by atoms with Crippen molar-refractivity contribution in [1.29, 1.82) is 0 Å². The fraction of sp³-hybridized carbons (Fsp3) is 0.615. The second kappa shape index (κ2) is 5.58. The lowest BCUT2D eigenvalue weighted by Crippen LogP contribution is -2.34. The molecular weight excluding hydrogens is 216 g/mol. The molecule has 0 amide bonds. The third-order valence-corrected chi connectivity index (χ3v) is 3.46. The molecule has 0 saturated carbocycles. The Balaban J connectivity index is 1.91. The molecule has 0 spiro atoms. The highest BCUT2D eigenvalue weighted by Gasteiger charge is 2.29. The standard InChI is InChI=1S/C13H20N2O2/c16-11-13(17)4-1-8-15(9-5-13)10-12-2-6-14-7-3-12/h2-3,6-7,16-17H,1,4-5,8-11H2/t13-/m1/s1. The number of nitrogens with zero attached hydrogens (tertiary/aromatic N) is 2. The molecule has 2 N–H and O–H groups in total. The predicted octanol–water partition coefficient (Wildman–Crippen LogP) is 0.791. The van der Waals surface area contributed by atoms with Gasteiger partial charge in [-0.2, -0.15) is 0 Å². The van der Waals surface area contributed by atoms with Gasteiger partial charge in [-0.05, 0) is 43.5 Å². The number of pyridine rings is 1. The first-order valence-electron chi connectivity index (χ1n) is 6.16. The summed E-state index contributed by atoms with van der Waals surface area (Å²) in [5.74, 6) is 0. The number of rotatable bonds is 3. The molecule has 0 radical (unpaired) electrons. The third kappa shape index (κ3) is 3.49. The number of aromatic nitrogens is 1. The fourth-order valence-corrected chi connectivity index (χ4v) is 2.30. The van der Waals surface area contributed by atoms with Crippen LogP contribution in [0.15, 0.2) is 24.5 Å². The summed E-state index contributed by atoms with van der Waals surface area (Å²) in [5.41, 5.74) is 0.377. The average molecular weight is 236 g/mol. The smallest absolute Gasteiger partial charge is 0.0890 e. The quantitative estimate of drug-likeness (QED) is 0.814. The number of aliphatic hydroxyl groups excluding tert-OH is 1. The third-order valence-electron chi connectivity index (χ3n) is 3.46. The molecular formula is C13H20N2O2. The van der Waals surface area contributed by atoms with Crippen molar-refractivity contribution in [2.45, 2.75) is 31.4 Å². The number of hydrogen-bond donors (Lipinski definition) is 2. The minimum Gasteiger partial charge on any atom is -0.393 e. The first-order valence-corrected chi connectivity index (χ1v) is 6.16. The molecule has 1 aromatic rings. The van der Waals surface area contributed by atoms with Gasteiger partial charge in [0.25, 0.3) is 0 Å². The highest BCUT2D eigenvalue weighted by molar-refractivity contribution is 5.09. The first kappa shape index (κ1) is 12.5. The van der Waals surface area contributed by atoms with Gasteiger partial charge in [0, 0.05) is 25.5 Å². The molecule has 2 rings (SSSR count). The molecule has 0 bridgehead atoms.